The Balaban J connectivity index is 3.08. The predicted octanol–water partition coefficient (Wildman–Crippen LogP) is 1.76. The normalized spacial score (nSPS) is 14.3. The van der Waals surface area contributed by atoms with E-state index in [9.17, 15) is 9.18 Å². The van der Waals surface area contributed by atoms with Gasteiger partial charge in [-0.15, -0.1) is 0 Å². The predicted molar refractivity (Wildman–Crippen MR) is 68.7 cm³/mol. The first-order chi connectivity index (χ1) is 8.42. The first-order valence-corrected chi connectivity index (χ1v) is 5.75. The molecule has 0 radical (unpaired) electrons. The minimum Gasteiger partial charge on any atom is -0.382 e. The Hall–Kier alpha value is -1.62. The van der Waals surface area contributed by atoms with Gasteiger partial charge >= 0.3 is 0 Å². The number of carbonyl (C=O) groups is 1. The fourth-order valence-electron chi connectivity index (χ4n) is 1.82. The standard InChI is InChI=1S/C13H19FN2O2/c1-9(2)13(8-18-3,12(15)17)16-11-6-4-5-10(14)7-11/h4-7,9,16H,8H2,1-3H3,(H2,15,17). The van der Waals surface area contributed by atoms with Crippen molar-refractivity contribution in [2.75, 3.05) is 19.0 Å². The van der Waals surface area contributed by atoms with Gasteiger partial charge in [0.25, 0.3) is 0 Å². The van der Waals surface area contributed by atoms with Crippen LogP contribution in [0.1, 0.15) is 13.8 Å². The third kappa shape index (κ3) is 2.98. The second-order valence-corrected chi connectivity index (χ2v) is 4.56. The third-order valence-electron chi connectivity index (χ3n) is 2.99. The van der Waals surface area contributed by atoms with Crippen molar-refractivity contribution in [1.29, 1.82) is 0 Å². The molecule has 0 bridgehead atoms. The highest BCUT2D eigenvalue weighted by molar-refractivity contribution is 5.88. The fraction of sp³-hybridized carbons (Fsp3) is 0.462. The molecule has 18 heavy (non-hydrogen) atoms. The van der Waals surface area contributed by atoms with Crippen molar-refractivity contribution in [2.24, 2.45) is 11.7 Å². The molecule has 0 aliphatic rings. The van der Waals surface area contributed by atoms with Crippen molar-refractivity contribution in [1.82, 2.24) is 0 Å². The topological polar surface area (TPSA) is 64.3 Å². The van der Waals surface area contributed by atoms with Crippen LogP contribution in [0.15, 0.2) is 24.3 Å². The molecule has 3 N–H and O–H groups in total. The minimum absolute atomic E-state index is 0.0989. The molecule has 100 valence electrons. The molecule has 0 aromatic heterocycles. The lowest BCUT2D eigenvalue weighted by atomic mass is 9.86. The average molecular weight is 254 g/mol. The average Bonchev–Trinajstić information content (AvgIpc) is 2.27. The van der Waals surface area contributed by atoms with E-state index in [0.717, 1.165) is 0 Å². The van der Waals surface area contributed by atoms with Crippen molar-refractivity contribution in [2.45, 2.75) is 19.4 Å². The fourth-order valence-corrected chi connectivity index (χ4v) is 1.82. The number of hydrogen-bond acceptors (Lipinski definition) is 3. The Labute approximate surface area is 106 Å². The molecule has 0 saturated carbocycles. The number of nitrogens with two attached hydrogens (primary N) is 1. The van der Waals surface area contributed by atoms with Gasteiger partial charge in [-0.1, -0.05) is 19.9 Å². The first-order valence-electron chi connectivity index (χ1n) is 5.75. The van der Waals surface area contributed by atoms with Gasteiger partial charge in [-0.05, 0) is 24.1 Å². The third-order valence-corrected chi connectivity index (χ3v) is 2.99. The van der Waals surface area contributed by atoms with Crippen LogP contribution in [0, 0.1) is 11.7 Å². The minimum atomic E-state index is -1.05. The van der Waals surface area contributed by atoms with Gasteiger partial charge in [0.05, 0.1) is 6.61 Å². The molecule has 0 spiro atoms. The maximum atomic E-state index is 13.1. The first kappa shape index (κ1) is 14.4. The number of anilines is 1. The molecule has 0 aliphatic carbocycles. The highest BCUT2D eigenvalue weighted by Crippen LogP contribution is 2.24. The number of carbonyl (C=O) groups excluding carboxylic acids is 1. The van der Waals surface area contributed by atoms with Gasteiger partial charge in [-0.2, -0.15) is 0 Å². The number of halogens is 1. The van der Waals surface area contributed by atoms with Crippen molar-refractivity contribution >= 4 is 11.6 Å². The summed E-state index contributed by atoms with van der Waals surface area (Å²) in [6, 6.07) is 5.90. The molecule has 1 rings (SSSR count). The number of ether oxygens (including phenoxy) is 1. The van der Waals surface area contributed by atoms with Gasteiger partial charge in [0.15, 0.2) is 0 Å². The summed E-state index contributed by atoms with van der Waals surface area (Å²) < 4.78 is 18.2. The Morgan fingerprint density at radius 1 is 1.56 bits per heavy atom. The molecule has 0 aliphatic heterocycles. The molecule has 1 atom stereocenters. The van der Waals surface area contributed by atoms with Gasteiger partial charge in [0, 0.05) is 12.8 Å². The maximum absolute atomic E-state index is 13.1. The van der Waals surface area contributed by atoms with E-state index in [1.165, 1.54) is 19.2 Å². The van der Waals surface area contributed by atoms with E-state index in [4.69, 9.17) is 10.5 Å². The summed E-state index contributed by atoms with van der Waals surface area (Å²) in [5, 5.41) is 2.99. The maximum Gasteiger partial charge on any atom is 0.245 e. The van der Waals surface area contributed by atoms with Gasteiger partial charge in [0.2, 0.25) is 5.91 Å². The van der Waals surface area contributed by atoms with E-state index in [1.54, 1.807) is 12.1 Å². The van der Waals surface area contributed by atoms with Crippen molar-refractivity contribution in [3.05, 3.63) is 30.1 Å². The lowest BCUT2D eigenvalue weighted by molar-refractivity contribution is -0.125. The highest BCUT2D eigenvalue weighted by Gasteiger charge is 2.40. The lowest BCUT2D eigenvalue weighted by Crippen LogP contribution is -2.57. The molecule has 1 unspecified atom stereocenters. The molecule has 1 amide bonds. The number of nitrogens with one attached hydrogen (secondary N) is 1. The summed E-state index contributed by atoms with van der Waals surface area (Å²) in [6.07, 6.45) is 0. The van der Waals surface area contributed by atoms with Crippen LogP contribution in [0.2, 0.25) is 0 Å². The number of rotatable bonds is 6. The summed E-state index contributed by atoms with van der Waals surface area (Å²) in [5.74, 6) is -0.999. The summed E-state index contributed by atoms with van der Waals surface area (Å²) in [5.41, 5.74) is 4.92. The van der Waals surface area contributed by atoms with Gasteiger partial charge in [-0.25, -0.2) is 4.39 Å². The lowest BCUT2D eigenvalue weighted by Gasteiger charge is -2.35. The van der Waals surface area contributed by atoms with Crippen LogP contribution < -0.4 is 11.1 Å². The molecular formula is C13H19FN2O2. The van der Waals surface area contributed by atoms with Crippen LogP contribution in [0.3, 0.4) is 0 Å². The second-order valence-electron chi connectivity index (χ2n) is 4.56. The number of methoxy groups -OCH3 is 1. The summed E-state index contributed by atoms with van der Waals surface area (Å²) >= 11 is 0. The van der Waals surface area contributed by atoms with E-state index in [0.29, 0.717) is 5.69 Å². The van der Waals surface area contributed by atoms with Crippen LogP contribution in [-0.2, 0) is 9.53 Å². The number of amides is 1. The Kier molecular flexibility index (Phi) is 4.67. The number of hydrogen-bond donors (Lipinski definition) is 2. The van der Waals surface area contributed by atoms with E-state index in [1.807, 2.05) is 13.8 Å². The molecule has 0 saturated heterocycles. The molecule has 0 fully saturated rings. The van der Waals surface area contributed by atoms with Crippen LogP contribution >= 0.6 is 0 Å². The Morgan fingerprint density at radius 3 is 2.67 bits per heavy atom. The monoisotopic (exact) mass is 254 g/mol. The molecule has 1 aromatic rings. The molecule has 5 heteroatoms. The van der Waals surface area contributed by atoms with E-state index in [-0.39, 0.29) is 18.3 Å². The SMILES string of the molecule is COCC(Nc1cccc(F)c1)(C(N)=O)C(C)C. The summed E-state index contributed by atoms with van der Waals surface area (Å²) in [4.78, 5) is 11.7. The van der Waals surface area contributed by atoms with E-state index in [2.05, 4.69) is 5.32 Å². The molecule has 1 aromatic carbocycles. The molecular weight excluding hydrogens is 235 g/mol. The quantitative estimate of drug-likeness (QED) is 0.813. The largest absolute Gasteiger partial charge is 0.382 e. The van der Waals surface area contributed by atoms with Gasteiger partial charge in [-0.3, -0.25) is 4.79 Å². The molecule has 4 nitrogen and oxygen atoms in total. The Morgan fingerprint density at radius 2 is 2.22 bits per heavy atom. The van der Waals surface area contributed by atoms with Crippen molar-refractivity contribution < 1.29 is 13.9 Å². The van der Waals surface area contributed by atoms with E-state index >= 15 is 0 Å². The zero-order valence-corrected chi connectivity index (χ0v) is 10.9. The van der Waals surface area contributed by atoms with Crippen LogP contribution in [0.5, 0.6) is 0 Å². The van der Waals surface area contributed by atoms with Gasteiger partial charge in [0.1, 0.15) is 11.4 Å². The van der Waals surface area contributed by atoms with Crippen molar-refractivity contribution in [3.8, 4) is 0 Å². The summed E-state index contributed by atoms with van der Waals surface area (Å²) in [6.45, 7) is 3.84. The summed E-state index contributed by atoms with van der Waals surface area (Å²) in [7, 11) is 1.49. The van der Waals surface area contributed by atoms with E-state index < -0.39 is 11.4 Å². The second kappa shape index (κ2) is 5.82. The number of benzene rings is 1. The smallest absolute Gasteiger partial charge is 0.245 e. The Bertz CT molecular complexity index is 423. The van der Waals surface area contributed by atoms with Crippen molar-refractivity contribution in [3.63, 3.8) is 0 Å². The zero-order valence-electron chi connectivity index (χ0n) is 10.9. The van der Waals surface area contributed by atoms with Crippen LogP contribution in [0.25, 0.3) is 0 Å². The highest BCUT2D eigenvalue weighted by atomic mass is 19.1. The van der Waals surface area contributed by atoms with Gasteiger partial charge < -0.3 is 15.8 Å². The van der Waals surface area contributed by atoms with Crippen LogP contribution in [0.4, 0.5) is 10.1 Å². The zero-order chi connectivity index (χ0) is 13.8. The van der Waals surface area contributed by atoms with Crippen LogP contribution in [-0.4, -0.2) is 25.2 Å². The molecule has 0 heterocycles. The number of primary amides is 1.